The van der Waals surface area contributed by atoms with Crippen LogP contribution in [0.3, 0.4) is 0 Å². The molecule has 26 heavy (non-hydrogen) atoms. The molecule has 0 radical (unpaired) electrons. The lowest BCUT2D eigenvalue weighted by Crippen LogP contribution is -2.44. The smallest absolute Gasteiger partial charge is 0.355 e. The summed E-state index contributed by atoms with van der Waals surface area (Å²) in [5.74, 6) is -0.395. The molecular weight excluding hydrogens is 334 g/mol. The van der Waals surface area contributed by atoms with Crippen LogP contribution < -0.4 is 5.32 Å². The second-order valence-corrected chi connectivity index (χ2v) is 6.75. The summed E-state index contributed by atoms with van der Waals surface area (Å²) in [6.07, 6.45) is 0. The summed E-state index contributed by atoms with van der Waals surface area (Å²) in [6, 6.07) is -0.258. The SMILES string of the molecule is CCNC(=O)N(CC(=O)c1c(C)c(C(=O)OCC)n(C)c1C)CC(C)C. The van der Waals surface area contributed by atoms with Crippen molar-refractivity contribution in [1.29, 1.82) is 0 Å². The van der Waals surface area contributed by atoms with Gasteiger partial charge in [-0.05, 0) is 39.2 Å². The first-order valence-corrected chi connectivity index (χ1v) is 9.04. The van der Waals surface area contributed by atoms with Gasteiger partial charge in [0.2, 0.25) is 0 Å². The number of carbonyl (C=O) groups excluding carboxylic acids is 3. The van der Waals surface area contributed by atoms with Crippen LogP contribution in [0.2, 0.25) is 0 Å². The van der Waals surface area contributed by atoms with E-state index in [1.54, 1.807) is 32.4 Å². The Morgan fingerprint density at radius 2 is 1.81 bits per heavy atom. The highest BCUT2D eigenvalue weighted by Crippen LogP contribution is 2.23. The van der Waals surface area contributed by atoms with E-state index in [4.69, 9.17) is 4.74 Å². The molecule has 0 aliphatic heterocycles. The number of nitrogens with zero attached hydrogens (tertiary/aromatic N) is 2. The van der Waals surface area contributed by atoms with Gasteiger partial charge in [-0.2, -0.15) is 0 Å². The first kappa shape index (κ1) is 21.7. The van der Waals surface area contributed by atoms with Crippen molar-refractivity contribution in [2.24, 2.45) is 13.0 Å². The second-order valence-electron chi connectivity index (χ2n) is 6.75. The van der Waals surface area contributed by atoms with Gasteiger partial charge in [0.05, 0.1) is 13.2 Å². The van der Waals surface area contributed by atoms with Crippen LogP contribution in [0, 0.1) is 19.8 Å². The summed E-state index contributed by atoms with van der Waals surface area (Å²) in [5.41, 5.74) is 2.14. The van der Waals surface area contributed by atoms with Crippen LogP contribution in [0.4, 0.5) is 4.79 Å². The number of Topliss-reactive ketones (excluding diaryl/α,β-unsaturated/α-hetero) is 1. The Labute approximate surface area is 155 Å². The Hall–Kier alpha value is -2.31. The van der Waals surface area contributed by atoms with E-state index in [2.05, 4.69) is 5.32 Å². The van der Waals surface area contributed by atoms with Crippen molar-refractivity contribution in [3.05, 3.63) is 22.5 Å². The van der Waals surface area contributed by atoms with Gasteiger partial charge in [0.1, 0.15) is 5.69 Å². The molecule has 0 bridgehead atoms. The third-order valence-corrected chi connectivity index (χ3v) is 4.21. The lowest BCUT2D eigenvalue weighted by Gasteiger charge is -2.24. The molecule has 7 heteroatoms. The highest BCUT2D eigenvalue weighted by atomic mass is 16.5. The zero-order valence-corrected chi connectivity index (χ0v) is 16.9. The minimum Gasteiger partial charge on any atom is -0.461 e. The summed E-state index contributed by atoms with van der Waals surface area (Å²) in [4.78, 5) is 38.9. The molecule has 1 aromatic rings. The van der Waals surface area contributed by atoms with Crippen molar-refractivity contribution in [3.63, 3.8) is 0 Å². The molecule has 0 aliphatic carbocycles. The molecule has 0 unspecified atom stereocenters. The Bertz CT molecular complexity index is 677. The number of amides is 2. The predicted molar refractivity (Wildman–Crippen MR) is 101 cm³/mol. The van der Waals surface area contributed by atoms with E-state index in [-0.39, 0.29) is 30.9 Å². The monoisotopic (exact) mass is 365 g/mol. The minimum absolute atomic E-state index is 0.0298. The van der Waals surface area contributed by atoms with Gasteiger partial charge in [-0.15, -0.1) is 0 Å². The van der Waals surface area contributed by atoms with Gasteiger partial charge in [0.25, 0.3) is 0 Å². The van der Waals surface area contributed by atoms with Crippen molar-refractivity contribution in [1.82, 2.24) is 14.8 Å². The highest BCUT2D eigenvalue weighted by Gasteiger charge is 2.27. The summed E-state index contributed by atoms with van der Waals surface area (Å²) >= 11 is 0. The van der Waals surface area contributed by atoms with Crippen molar-refractivity contribution in [2.45, 2.75) is 41.5 Å². The van der Waals surface area contributed by atoms with Gasteiger partial charge in [-0.3, -0.25) is 4.79 Å². The number of hydrogen-bond acceptors (Lipinski definition) is 4. The summed E-state index contributed by atoms with van der Waals surface area (Å²) in [7, 11) is 1.74. The molecule has 1 heterocycles. The quantitative estimate of drug-likeness (QED) is 0.567. The van der Waals surface area contributed by atoms with Crippen LogP contribution in [-0.2, 0) is 11.8 Å². The van der Waals surface area contributed by atoms with Crippen LogP contribution in [0.5, 0.6) is 0 Å². The standard InChI is InChI=1S/C19H31N3O4/c1-8-20-19(25)22(10-12(3)4)11-15(23)16-13(5)17(18(24)26-9-2)21(7)14(16)6/h12H,8-11H2,1-7H3,(H,20,25). The average Bonchev–Trinajstić information content (AvgIpc) is 2.76. The number of nitrogens with one attached hydrogen (secondary N) is 1. The molecule has 0 saturated heterocycles. The van der Waals surface area contributed by atoms with E-state index in [9.17, 15) is 14.4 Å². The molecule has 0 atom stereocenters. The maximum Gasteiger partial charge on any atom is 0.355 e. The van der Waals surface area contributed by atoms with Crippen LogP contribution in [-0.4, -0.2) is 53.5 Å². The van der Waals surface area contributed by atoms with Gasteiger partial charge >= 0.3 is 12.0 Å². The fraction of sp³-hybridized carbons (Fsp3) is 0.632. The van der Waals surface area contributed by atoms with Crippen molar-refractivity contribution >= 4 is 17.8 Å². The number of ketones is 1. The van der Waals surface area contributed by atoms with Gasteiger partial charge in [0, 0.05) is 31.4 Å². The maximum atomic E-state index is 12.9. The van der Waals surface area contributed by atoms with E-state index < -0.39 is 5.97 Å². The molecule has 7 nitrogen and oxygen atoms in total. The van der Waals surface area contributed by atoms with E-state index in [0.29, 0.717) is 35.6 Å². The molecule has 1 N–H and O–H groups in total. The molecule has 0 spiro atoms. The third kappa shape index (κ3) is 4.86. The number of esters is 1. The maximum absolute atomic E-state index is 12.9. The lowest BCUT2D eigenvalue weighted by atomic mass is 10.0. The topological polar surface area (TPSA) is 80.6 Å². The summed E-state index contributed by atoms with van der Waals surface area (Å²) in [5, 5.41) is 2.74. The third-order valence-electron chi connectivity index (χ3n) is 4.21. The number of aromatic nitrogens is 1. The van der Waals surface area contributed by atoms with Crippen LogP contribution in [0.1, 0.15) is 59.8 Å². The zero-order chi connectivity index (χ0) is 20.0. The van der Waals surface area contributed by atoms with E-state index in [1.807, 2.05) is 20.8 Å². The second kappa shape index (κ2) is 9.40. The number of carbonyl (C=O) groups is 3. The normalized spacial score (nSPS) is 10.8. The molecule has 1 aromatic heterocycles. The number of ether oxygens (including phenoxy) is 1. The molecule has 1 rings (SSSR count). The largest absolute Gasteiger partial charge is 0.461 e. The van der Waals surface area contributed by atoms with Gasteiger partial charge in [0.15, 0.2) is 5.78 Å². The fourth-order valence-electron chi connectivity index (χ4n) is 3.05. The highest BCUT2D eigenvalue weighted by molar-refractivity contribution is 6.04. The fourth-order valence-corrected chi connectivity index (χ4v) is 3.05. The number of rotatable bonds is 8. The molecular formula is C19H31N3O4. The minimum atomic E-state index is -0.447. The van der Waals surface area contributed by atoms with Gasteiger partial charge in [-0.25, -0.2) is 9.59 Å². The van der Waals surface area contributed by atoms with E-state index >= 15 is 0 Å². The first-order valence-electron chi connectivity index (χ1n) is 9.04. The number of hydrogen-bond donors (Lipinski definition) is 1. The Balaban J connectivity index is 3.17. The van der Waals surface area contributed by atoms with Gasteiger partial charge < -0.3 is 19.5 Å². The lowest BCUT2D eigenvalue weighted by molar-refractivity contribution is 0.0514. The van der Waals surface area contributed by atoms with E-state index in [0.717, 1.165) is 0 Å². The zero-order valence-electron chi connectivity index (χ0n) is 16.9. The van der Waals surface area contributed by atoms with Crippen molar-refractivity contribution in [2.75, 3.05) is 26.2 Å². The Morgan fingerprint density at radius 3 is 2.31 bits per heavy atom. The molecule has 2 amide bonds. The Kier molecular flexibility index (Phi) is 7.86. The molecule has 0 aromatic carbocycles. The molecule has 0 fully saturated rings. The van der Waals surface area contributed by atoms with Gasteiger partial charge in [-0.1, -0.05) is 13.8 Å². The van der Waals surface area contributed by atoms with Crippen LogP contribution in [0.15, 0.2) is 0 Å². The van der Waals surface area contributed by atoms with Crippen molar-refractivity contribution in [3.8, 4) is 0 Å². The van der Waals surface area contributed by atoms with Crippen molar-refractivity contribution < 1.29 is 19.1 Å². The average molecular weight is 365 g/mol. The first-order chi connectivity index (χ1) is 12.1. The Morgan fingerprint density at radius 1 is 1.19 bits per heavy atom. The molecule has 146 valence electrons. The number of urea groups is 1. The van der Waals surface area contributed by atoms with E-state index in [1.165, 1.54) is 4.90 Å². The summed E-state index contributed by atoms with van der Waals surface area (Å²) in [6.45, 7) is 12.3. The summed E-state index contributed by atoms with van der Waals surface area (Å²) < 4.78 is 6.78. The predicted octanol–water partition coefficient (Wildman–Crippen LogP) is 2.69. The van der Waals surface area contributed by atoms with Crippen LogP contribution >= 0.6 is 0 Å². The van der Waals surface area contributed by atoms with Crippen LogP contribution in [0.25, 0.3) is 0 Å². The molecule has 0 aliphatic rings. The molecule has 0 saturated carbocycles.